The summed E-state index contributed by atoms with van der Waals surface area (Å²) in [6.45, 7) is 3.82. The summed E-state index contributed by atoms with van der Waals surface area (Å²) in [4.78, 5) is 11.7. The molecule has 0 fully saturated rings. The van der Waals surface area contributed by atoms with Crippen LogP contribution >= 0.6 is 0 Å². The summed E-state index contributed by atoms with van der Waals surface area (Å²) in [5.41, 5.74) is 1.39. The molecule has 0 aliphatic rings. The van der Waals surface area contributed by atoms with Gasteiger partial charge in [-0.25, -0.2) is 13.2 Å². The van der Waals surface area contributed by atoms with Gasteiger partial charge in [-0.15, -0.1) is 0 Å². The molecule has 0 aromatic heterocycles. The molecule has 19 heavy (non-hydrogen) atoms. The second kappa shape index (κ2) is 6.56. The Morgan fingerprint density at radius 3 is 2.21 bits per heavy atom. The highest BCUT2D eigenvalue weighted by Gasteiger charge is 2.26. The van der Waals surface area contributed by atoms with Gasteiger partial charge in [-0.05, 0) is 31.0 Å². The van der Waals surface area contributed by atoms with Gasteiger partial charge >= 0.3 is 6.09 Å². The molecule has 1 aromatic carbocycles. The molecule has 0 saturated carbocycles. The van der Waals surface area contributed by atoms with Crippen molar-refractivity contribution in [2.45, 2.75) is 26.7 Å². The minimum atomic E-state index is -3.71. The summed E-state index contributed by atoms with van der Waals surface area (Å²) in [5.74, 6) is 0. The van der Waals surface area contributed by atoms with E-state index in [2.05, 4.69) is 6.92 Å². The molecule has 0 atom stereocenters. The lowest BCUT2D eigenvalue weighted by Gasteiger charge is -2.19. The van der Waals surface area contributed by atoms with Crippen LogP contribution in [0, 0.1) is 0 Å². The van der Waals surface area contributed by atoms with Crippen LogP contribution in [0.4, 0.5) is 10.5 Å². The van der Waals surface area contributed by atoms with Crippen molar-refractivity contribution in [1.82, 2.24) is 0 Å². The molecular formula is C13H19NO4S. The maximum absolute atomic E-state index is 11.7. The lowest BCUT2D eigenvalue weighted by molar-refractivity contribution is 0.164. The van der Waals surface area contributed by atoms with E-state index in [1.165, 1.54) is 0 Å². The van der Waals surface area contributed by atoms with Gasteiger partial charge in [-0.1, -0.05) is 25.5 Å². The van der Waals surface area contributed by atoms with E-state index in [1.54, 1.807) is 19.1 Å². The smallest absolute Gasteiger partial charge is 0.428 e. The molecule has 0 aliphatic carbocycles. The molecule has 0 spiro atoms. The molecule has 1 amide bonds. The van der Waals surface area contributed by atoms with Crippen LogP contribution in [0.25, 0.3) is 0 Å². The third kappa shape index (κ3) is 4.24. The lowest BCUT2D eigenvalue weighted by atomic mass is 10.1. The van der Waals surface area contributed by atoms with Gasteiger partial charge < -0.3 is 4.74 Å². The van der Waals surface area contributed by atoms with Gasteiger partial charge in [0.25, 0.3) is 0 Å². The fourth-order valence-corrected chi connectivity index (χ4v) is 2.53. The Bertz CT molecular complexity index is 522. The summed E-state index contributed by atoms with van der Waals surface area (Å²) < 4.78 is 28.8. The normalized spacial score (nSPS) is 11.1. The number of amides is 1. The number of anilines is 1. The number of nitrogens with zero attached hydrogens (tertiary/aromatic N) is 1. The van der Waals surface area contributed by atoms with Gasteiger partial charge in [0.2, 0.25) is 10.0 Å². The zero-order valence-electron chi connectivity index (χ0n) is 11.4. The van der Waals surface area contributed by atoms with Gasteiger partial charge in [-0.2, -0.15) is 4.31 Å². The maximum Gasteiger partial charge on any atom is 0.428 e. The van der Waals surface area contributed by atoms with Gasteiger partial charge in [0.15, 0.2) is 0 Å². The first-order valence-electron chi connectivity index (χ1n) is 6.16. The van der Waals surface area contributed by atoms with E-state index in [4.69, 9.17) is 4.74 Å². The molecular weight excluding hydrogens is 266 g/mol. The van der Waals surface area contributed by atoms with Gasteiger partial charge in [0, 0.05) is 0 Å². The standard InChI is InChI=1S/C13H19NO4S/c1-4-6-11-7-9-12(10-8-11)14(19(3,16)17)13(15)18-5-2/h7-10H,4-6H2,1-3H3. The number of carbonyl (C=O) groups excluding carboxylic acids is 1. The molecule has 106 valence electrons. The van der Waals surface area contributed by atoms with Gasteiger partial charge in [0.05, 0.1) is 18.6 Å². The van der Waals surface area contributed by atoms with E-state index in [9.17, 15) is 13.2 Å². The number of benzene rings is 1. The Balaban J connectivity index is 3.08. The van der Waals surface area contributed by atoms with E-state index < -0.39 is 16.1 Å². The lowest BCUT2D eigenvalue weighted by Crippen LogP contribution is -2.36. The molecule has 1 aromatic rings. The Morgan fingerprint density at radius 1 is 1.21 bits per heavy atom. The van der Waals surface area contributed by atoms with E-state index in [0.29, 0.717) is 9.99 Å². The Kier molecular flexibility index (Phi) is 5.35. The molecule has 0 saturated heterocycles. The quantitative estimate of drug-likeness (QED) is 0.834. The molecule has 0 radical (unpaired) electrons. The van der Waals surface area contributed by atoms with Gasteiger partial charge in [0.1, 0.15) is 0 Å². The molecule has 0 heterocycles. The van der Waals surface area contributed by atoms with Crippen LogP contribution in [0.2, 0.25) is 0 Å². The van der Waals surface area contributed by atoms with Crippen molar-refractivity contribution in [2.24, 2.45) is 0 Å². The minimum Gasteiger partial charge on any atom is -0.449 e. The highest BCUT2D eigenvalue weighted by molar-refractivity contribution is 7.92. The number of aryl methyl sites for hydroxylation is 1. The van der Waals surface area contributed by atoms with E-state index in [-0.39, 0.29) is 6.61 Å². The topological polar surface area (TPSA) is 63.7 Å². The molecule has 0 unspecified atom stereocenters. The molecule has 0 N–H and O–H groups in total. The Morgan fingerprint density at radius 2 is 1.79 bits per heavy atom. The summed E-state index contributed by atoms with van der Waals surface area (Å²) in [6.07, 6.45) is 2.02. The summed E-state index contributed by atoms with van der Waals surface area (Å²) >= 11 is 0. The highest BCUT2D eigenvalue weighted by Crippen LogP contribution is 2.20. The first-order chi connectivity index (χ1) is 8.90. The average molecular weight is 285 g/mol. The predicted molar refractivity (Wildman–Crippen MR) is 74.8 cm³/mol. The third-order valence-corrected chi connectivity index (χ3v) is 3.50. The fourth-order valence-electron chi connectivity index (χ4n) is 1.70. The number of ether oxygens (including phenoxy) is 1. The van der Waals surface area contributed by atoms with Crippen molar-refractivity contribution in [1.29, 1.82) is 0 Å². The second-order valence-electron chi connectivity index (χ2n) is 4.14. The summed E-state index contributed by atoms with van der Waals surface area (Å²) in [6, 6.07) is 6.86. The minimum absolute atomic E-state index is 0.124. The average Bonchev–Trinajstić information content (AvgIpc) is 2.30. The first kappa shape index (κ1) is 15.5. The van der Waals surface area contributed by atoms with Crippen LogP contribution in [0.1, 0.15) is 25.8 Å². The largest absolute Gasteiger partial charge is 0.449 e. The van der Waals surface area contributed by atoms with Crippen molar-refractivity contribution in [3.05, 3.63) is 29.8 Å². The van der Waals surface area contributed by atoms with E-state index in [0.717, 1.165) is 24.7 Å². The van der Waals surface area contributed by atoms with E-state index in [1.807, 2.05) is 12.1 Å². The zero-order valence-corrected chi connectivity index (χ0v) is 12.2. The summed E-state index contributed by atoms with van der Waals surface area (Å²) in [7, 11) is -3.71. The zero-order chi connectivity index (χ0) is 14.5. The molecule has 0 bridgehead atoms. The van der Waals surface area contributed by atoms with Crippen LogP contribution in [0.15, 0.2) is 24.3 Å². The second-order valence-corrected chi connectivity index (χ2v) is 5.97. The SMILES string of the molecule is CCCc1ccc(N(C(=O)OCC)S(C)(=O)=O)cc1. The van der Waals surface area contributed by atoms with Crippen LogP contribution < -0.4 is 4.31 Å². The molecule has 1 rings (SSSR count). The highest BCUT2D eigenvalue weighted by atomic mass is 32.2. The first-order valence-corrected chi connectivity index (χ1v) is 8.01. The molecule has 0 aliphatic heterocycles. The summed E-state index contributed by atoms with van der Waals surface area (Å²) in [5, 5.41) is 0. The molecule has 6 heteroatoms. The monoisotopic (exact) mass is 285 g/mol. The fraction of sp³-hybridized carbons (Fsp3) is 0.462. The molecule has 5 nitrogen and oxygen atoms in total. The number of rotatable bonds is 5. The van der Waals surface area contributed by atoms with Crippen molar-refractivity contribution in [2.75, 3.05) is 17.2 Å². The number of hydrogen-bond acceptors (Lipinski definition) is 4. The van der Waals surface area contributed by atoms with Crippen LogP contribution in [-0.2, 0) is 21.2 Å². The van der Waals surface area contributed by atoms with Crippen LogP contribution in [0.3, 0.4) is 0 Å². The Hall–Kier alpha value is -1.56. The maximum atomic E-state index is 11.7. The van der Waals surface area contributed by atoms with Crippen molar-refractivity contribution >= 4 is 21.8 Å². The third-order valence-electron chi connectivity index (χ3n) is 2.47. The van der Waals surface area contributed by atoms with E-state index >= 15 is 0 Å². The van der Waals surface area contributed by atoms with Gasteiger partial charge in [-0.3, -0.25) is 0 Å². The number of sulfonamides is 1. The van der Waals surface area contributed by atoms with Crippen molar-refractivity contribution < 1.29 is 17.9 Å². The van der Waals surface area contributed by atoms with Crippen LogP contribution in [0.5, 0.6) is 0 Å². The van der Waals surface area contributed by atoms with Crippen molar-refractivity contribution in [3.63, 3.8) is 0 Å². The van der Waals surface area contributed by atoms with Crippen LogP contribution in [-0.4, -0.2) is 27.4 Å². The number of carbonyl (C=O) groups is 1. The Labute approximate surface area is 114 Å². The van der Waals surface area contributed by atoms with Crippen molar-refractivity contribution in [3.8, 4) is 0 Å². The number of hydrogen-bond donors (Lipinski definition) is 0. The predicted octanol–water partition coefficient (Wildman–Crippen LogP) is 2.56.